The van der Waals surface area contributed by atoms with Crippen LogP contribution in [0.3, 0.4) is 0 Å². The monoisotopic (exact) mass is 1270 g/mol. The first-order valence-electron chi connectivity index (χ1n) is 28.1. The molecule has 0 aliphatic heterocycles. The second-order valence-electron chi connectivity index (χ2n) is 17.9. The molecule has 0 fully saturated rings. The van der Waals surface area contributed by atoms with Gasteiger partial charge in [0, 0.05) is 23.7 Å². The molecule has 0 radical (unpaired) electrons. The Morgan fingerprint density at radius 1 is 0.260 bits per heavy atom. The molecular weight excluding hydrogens is 1170 g/mol. The fourth-order valence-corrected chi connectivity index (χ4v) is 7.29. The number of rotatable bonds is 44. The van der Waals surface area contributed by atoms with Gasteiger partial charge in [-0.05, 0) is 103 Å². The first-order valence-corrected chi connectivity index (χ1v) is 28.1. The van der Waals surface area contributed by atoms with Crippen molar-refractivity contribution in [1.82, 2.24) is 0 Å². The van der Waals surface area contributed by atoms with Gasteiger partial charge in [-0.2, -0.15) is 0 Å². The molecule has 0 N–H and O–H groups in total. The van der Waals surface area contributed by atoms with E-state index < -0.39 is 93.8 Å². The summed E-state index contributed by atoms with van der Waals surface area (Å²) in [7, 11) is 0. The molecule has 20 nitrogen and oxygen atoms in total. The van der Waals surface area contributed by atoms with Gasteiger partial charge >= 0.3 is 25.8 Å². The summed E-state index contributed by atoms with van der Waals surface area (Å²) >= 11 is 0. The Balaban J connectivity index is -0.000000298. The average Bonchev–Trinajstić information content (AvgIpc) is 3.40. The quantitative estimate of drug-likeness (QED) is 0.0432. The molecule has 448 valence electrons. The van der Waals surface area contributed by atoms with Gasteiger partial charge in [0.05, 0.1) is 52.9 Å². The molecule has 0 saturated heterocycles. The summed E-state index contributed by atoms with van der Waals surface area (Å²) in [5.74, 6) is -19.2. The van der Waals surface area contributed by atoms with E-state index in [4.69, 9.17) is 37.9 Å². The number of carboxylic acids is 4. The number of aliphatic carboxylic acids is 4. The Morgan fingerprint density at radius 2 is 0.364 bits per heavy atom. The zero-order valence-corrected chi connectivity index (χ0v) is 53.5. The van der Waals surface area contributed by atoms with Crippen molar-refractivity contribution in [3.8, 4) is 0 Å². The second-order valence-corrected chi connectivity index (χ2v) is 17.9. The molecular formula is C56H100HfO20. The number of Topliss-reactive ketones (excluding diaryl/α,β-unsaturated/α-hetero) is 4. The molecule has 0 atom stereocenters. The van der Waals surface area contributed by atoms with Crippen molar-refractivity contribution in [3.63, 3.8) is 0 Å². The van der Waals surface area contributed by atoms with Gasteiger partial charge in [0.2, 0.25) is 23.1 Å². The van der Waals surface area contributed by atoms with Crippen LogP contribution in [0.2, 0.25) is 0 Å². The zero-order valence-electron chi connectivity index (χ0n) is 49.9. The van der Waals surface area contributed by atoms with Crippen LogP contribution in [-0.2, 0) is 102 Å². The van der Waals surface area contributed by atoms with Gasteiger partial charge in [-0.25, -0.2) is 0 Å². The fourth-order valence-electron chi connectivity index (χ4n) is 7.29. The third-order valence-electron chi connectivity index (χ3n) is 11.9. The molecule has 0 aliphatic carbocycles. The van der Waals surface area contributed by atoms with Gasteiger partial charge in [0.25, 0.3) is 23.1 Å². The van der Waals surface area contributed by atoms with E-state index in [9.17, 15) is 58.8 Å². The largest absolute Gasteiger partial charge is 4.00 e. The summed E-state index contributed by atoms with van der Waals surface area (Å²) in [6.45, 7) is 30.5. The summed E-state index contributed by atoms with van der Waals surface area (Å²) in [5.41, 5.74) is 0. The standard InChI is InChI=1S/4C14H26O5.Hf/c4*1-5-9-18-14(13(16)17,19-10-6-2)12(15)11(7-3)8-4;/h4*11H,5-10H2,1-4H3,(H,16,17);/q;;;;+4/p-4. The van der Waals surface area contributed by atoms with Crippen LogP contribution in [0.4, 0.5) is 0 Å². The Bertz CT molecular complexity index is 1340. The van der Waals surface area contributed by atoms with E-state index in [-0.39, 0.29) is 78.7 Å². The summed E-state index contributed by atoms with van der Waals surface area (Å²) in [5, 5.41) is 45.7. The summed E-state index contributed by atoms with van der Waals surface area (Å²) in [4.78, 5) is 95.4. The van der Waals surface area contributed by atoms with Gasteiger partial charge < -0.3 is 77.5 Å². The third kappa shape index (κ3) is 27.0. The van der Waals surface area contributed by atoms with Crippen molar-refractivity contribution in [2.24, 2.45) is 23.7 Å². The molecule has 0 bridgehead atoms. The van der Waals surface area contributed by atoms with Crippen molar-refractivity contribution in [1.29, 1.82) is 0 Å². The number of carbonyl (C=O) groups is 8. The van der Waals surface area contributed by atoms with E-state index in [1.807, 2.05) is 111 Å². The van der Waals surface area contributed by atoms with Crippen molar-refractivity contribution in [2.45, 2.75) is 237 Å². The Hall–Kier alpha value is -2.89. The van der Waals surface area contributed by atoms with Crippen molar-refractivity contribution >= 4 is 47.0 Å². The van der Waals surface area contributed by atoms with Crippen LogP contribution in [0, 0.1) is 23.7 Å². The molecule has 0 aromatic heterocycles. The van der Waals surface area contributed by atoms with E-state index in [0.29, 0.717) is 103 Å². The van der Waals surface area contributed by atoms with Gasteiger partial charge in [-0.1, -0.05) is 111 Å². The molecule has 0 aromatic rings. The summed E-state index contributed by atoms with van der Waals surface area (Å²) in [6, 6.07) is 0. The van der Waals surface area contributed by atoms with E-state index in [2.05, 4.69) is 0 Å². The van der Waals surface area contributed by atoms with E-state index in [1.165, 1.54) is 0 Å². The molecule has 0 aromatic carbocycles. The fraction of sp³-hybridized carbons (Fsp3) is 0.857. The molecule has 0 saturated carbocycles. The van der Waals surface area contributed by atoms with Crippen molar-refractivity contribution in [3.05, 3.63) is 0 Å². The van der Waals surface area contributed by atoms with Crippen LogP contribution >= 0.6 is 0 Å². The van der Waals surface area contributed by atoms with Crippen LogP contribution < -0.4 is 20.4 Å². The number of ether oxygens (including phenoxy) is 8. The van der Waals surface area contributed by atoms with Crippen molar-refractivity contribution in [2.75, 3.05) is 52.9 Å². The van der Waals surface area contributed by atoms with Crippen LogP contribution in [0.5, 0.6) is 0 Å². The van der Waals surface area contributed by atoms with E-state index in [1.54, 1.807) is 0 Å². The number of carboxylic acid groups (broad SMARTS) is 4. The predicted molar refractivity (Wildman–Crippen MR) is 277 cm³/mol. The Kier molecular flexibility index (Phi) is 51.6. The summed E-state index contributed by atoms with van der Waals surface area (Å²) in [6.07, 6.45) is 9.19. The molecule has 77 heavy (non-hydrogen) atoms. The first kappa shape index (κ1) is 82.9. The first-order chi connectivity index (χ1) is 36.0. The van der Waals surface area contributed by atoms with Crippen LogP contribution in [0.25, 0.3) is 0 Å². The zero-order chi connectivity index (χ0) is 59.6. The number of hydrogen-bond acceptors (Lipinski definition) is 20. The van der Waals surface area contributed by atoms with Crippen molar-refractivity contribution < 1.29 is 123 Å². The maximum Gasteiger partial charge on any atom is 4.00 e. The average molecular weight is 1270 g/mol. The molecule has 0 rings (SSSR count). The Labute approximate surface area is 480 Å². The number of ketones is 4. The van der Waals surface area contributed by atoms with Gasteiger partial charge in [-0.3, -0.25) is 19.2 Å². The van der Waals surface area contributed by atoms with Gasteiger partial charge in [0.1, 0.15) is 23.9 Å². The maximum atomic E-state index is 12.4. The predicted octanol–water partition coefficient (Wildman–Crippen LogP) is 5.16. The summed E-state index contributed by atoms with van der Waals surface area (Å²) < 4.78 is 42.0. The molecule has 21 heteroatoms. The van der Waals surface area contributed by atoms with Gasteiger partial charge in [-0.15, -0.1) is 0 Å². The topological polar surface area (TPSA) is 303 Å². The minimum Gasteiger partial charge on any atom is -0.544 e. The minimum absolute atomic E-state index is 0. The Morgan fingerprint density at radius 3 is 0.429 bits per heavy atom. The number of carbonyl (C=O) groups excluding carboxylic acids is 8. The smallest absolute Gasteiger partial charge is 0.544 e. The molecule has 0 spiro atoms. The second kappa shape index (κ2) is 47.9. The molecule has 0 unspecified atom stereocenters. The van der Waals surface area contributed by atoms with E-state index >= 15 is 0 Å². The molecule has 0 heterocycles. The third-order valence-corrected chi connectivity index (χ3v) is 11.9. The molecule has 0 amide bonds. The van der Waals surface area contributed by atoms with Crippen LogP contribution in [0.1, 0.15) is 214 Å². The number of hydrogen-bond donors (Lipinski definition) is 0. The van der Waals surface area contributed by atoms with Crippen LogP contribution in [0.15, 0.2) is 0 Å². The molecule has 0 aliphatic rings. The maximum absolute atomic E-state index is 12.4. The minimum atomic E-state index is -2.25. The van der Waals surface area contributed by atoms with E-state index in [0.717, 1.165) is 0 Å². The SMILES string of the molecule is CCCOC(OCCC)(C(=O)[O-])C(=O)C(CC)CC.CCCOC(OCCC)(C(=O)[O-])C(=O)C(CC)CC.CCCOC(OCCC)(C(=O)[O-])C(=O)C(CC)CC.CCCOC(OCCC)(C(=O)[O-])C(=O)C(CC)CC.[Hf+4]. The van der Waals surface area contributed by atoms with Gasteiger partial charge in [0.15, 0.2) is 0 Å². The van der Waals surface area contributed by atoms with Crippen LogP contribution in [-0.4, -0.2) is 123 Å². The normalized spacial score (nSPS) is 11.7.